The molecule has 3 aliphatic rings. The summed E-state index contributed by atoms with van der Waals surface area (Å²) in [6.07, 6.45) is 3.72. The van der Waals surface area contributed by atoms with Crippen LogP contribution in [0.25, 0.3) is 0 Å². The first kappa shape index (κ1) is 17.0. The predicted octanol–water partition coefficient (Wildman–Crippen LogP) is 3.26. The van der Waals surface area contributed by atoms with E-state index in [4.69, 9.17) is 9.31 Å². The van der Waals surface area contributed by atoms with Crippen LogP contribution in [0, 0.1) is 5.41 Å². The lowest BCUT2D eigenvalue weighted by Gasteiger charge is -2.33. The van der Waals surface area contributed by atoms with Gasteiger partial charge in [-0.05, 0) is 64.4 Å². The van der Waals surface area contributed by atoms with Crippen molar-refractivity contribution in [3.05, 3.63) is 11.3 Å². The molecule has 1 spiro atoms. The second-order valence-electron chi connectivity index (χ2n) is 8.47. The van der Waals surface area contributed by atoms with E-state index in [2.05, 4.69) is 0 Å². The lowest BCUT2D eigenvalue weighted by atomic mass is 9.69. The first-order chi connectivity index (χ1) is 10.6. The third kappa shape index (κ3) is 2.84. The SMILES string of the molecule is CN1CC2(CCC(=C(F)B3OC(C)(C)C(C)(C)O3)CC2)CC1=O. The highest BCUT2D eigenvalue weighted by atomic mass is 19.1. The molecule has 0 aromatic heterocycles. The quantitative estimate of drug-likeness (QED) is 0.695. The van der Waals surface area contributed by atoms with Gasteiger partial charge in [0.25, 0.3) is 0 Å². The Kier molecular flexibility index (Phi) is 3.92. The van der Waals surface area contributed by atoms with Crippen LogP contribution in [0.1, 0.15) is 59.8 Å². The van der Waals surface area contributed by atoms with E-state index in [1.165, 1.54) is 0 Å². The minimum atomic E-state index is -0.892. The molecule has 1 aliphatic carbocycles. The normalized spacial score (nSPS) is 33.0. The smallest absolute Gasteiger partial charge is 0.398 e. The molecule has 128 valence electrons. The third-order valence-corrected chi connectivity index (χ3v) is 6.24. The molecule has 3 rings (SSSR count). The number of carbonyl (C=O) groups excluding carboxylic acids is 1. The van der Waals surface area contributed by atoms with Crippen molar-refractivity contribution in [2.45, 2.75) is 71.0 Å². The summed E-state index contributed by atoms with van der Waals surface area (Å²) in [6, 6.07) is 0. The van der Waals surface area contributed by atoms with Gasteiger partial charge in [0.15, 0.2) is 0 Å². The fourth-order valence-corrected chi connectivity index (χ4v) is 3.87. The van der Waals surface area contributed by atoms with Crippen LogP contribution in [0.4, 0.5) is 4.39 Å². The first-order valence-electron chi connectivity index (χ1n) is 8.52. The van der Waals surface area contributed by atoms with Crippen molar-refractivity contribution in [3.8, 4) is 0 Å². The van der Waals surface area contributed by atoms with Gasteiger partial charge < -0.3 is 14.2 Å². The van der Waals surface area contributed by atoms with Crippen LogP contribution in [0.2, 0.25) is 0 Å². The highest BCUT2D eigenvalue weighted by Crippen LogP contribution is 2.47. The van der Waals surface area contributed by atoms with E-state index in [9.17, 15) is 9.18 Å². The Morgan fingerprint density at radius 2 is 1.65 bits per heavy atom. The van der Waals surface area contributed by atoms with Gasteiger partial charge in [-0.15, -0.1) is 0 Å². The molecule has 0 atom stereocenters. The Bertz CT molecular complexity index is 532. The molecule has 23 heavy (non-hydrogen) atoms. The Balaban J connectivity index is 1.70. The summed E-state index contributed by atoms with van der Waals surface area (Å²) in [6.45, 7) is 8.53. The maximum Gasteiger partial charge on any atom is 0.525 e. The summed E-state index contributed by atoms with van der Waals surface area (Å²) in [5, 5.41) is 0. The molecule has 1 saturated carbocycles. The van der Waals surface area contributed by atoms with Crippen LogP contribution in [0.15, 0.2) is 11.3 Å². The van der Waals surface area contributed by atoms with E-state index in [1.807, 2.05) is 34.7 Å². The van der Waals surface area contributed by atoms with Crippen LogP contribution >= 0.6 is 0 Å². The standard InChI is InChI=1S/C17H27BFNO3/c1-15(2)16(3,4)23-18(22-15)14(19)12-6-8-17(9-7-12)10-13(21)20(5)11-17/h6-11H2,1-5H3. The van der Waals surface area contributed by atoms with E-state index in [0.29, 0.717) is 19.3 Å². The number of carbonyl (C=O) groups is 1. The van der Waals surface area contributed by atoms with Crippen molar-refractivity contribution in [1.82, 2.24) is 4.90 Å². The molecule has 0 aromatic rings. The molecular formula is C17H27BFNO3. The molecule has 0 aromatic carbocycles. The van der Waals surface area contributed by atoms with E-state index < -0.39 is 18.3 Å². The number of halogens is 1. The molecule has 0 N–H and O–H groups in total. The predicted molar refractivity (Wildman–Crippen MR) is 87.4 cm³/mol. The van der Waals surface area contributed by atoms with Crippen LogP contribution in [0.5, 0.6) is 0 Å². The summed E-state index contributed by atoms with van der Waals surface area (Å²) >= 11 is 0. The van der Waals surface area contributed by atoms with Crippen LogP contribution in [0.3, 0.4) is 0 Å². The Hall–Kier alpha value is -0.875. The molecule has 0 bridgehead atoms. The Morgan fingerprint density at radius 1 is 1.13 bits per heavy atom. The van der Waals surface area contributed by atoms with Gasteiger partial charge in [-0.3, -0.25) is 4.79 Å². The number of nitrogens with zero attached hydrogens (tertiary/aromatic N) is 1. The molecule has 1 amide bonds. The summed E-state index contributed by atoms with van der Waals surface area (Å²) < 4.78 is 26.5. The summed E-state index contributed by atoms with van der Waals surface area (Å²) in [5.74, 6) is 0.212. The van der Waals surface area contributed by atoms with E-state index in [0.717, 1.165) is 25.0 Å². The highest BCUT2D eigenvalue weighted by molar-refractivity contribution is 6.53. The zero-order chi connectivity index (χ0) is 17.0. The van der Waals surface area contributed by atoms with Crippen molar-refractivity contribution in [3.63, 3.8) is 0 Å². The number of hydrogen-bond acceptors (Lipinski definition) is 3. The third-order valence-electron chi connectivity index (χ3n) is 6.24. The maximum absolute atomic E-state index is 14.9. The average Bonchev–Trinajstić information content (AvgIpc) is 2.83. The first-order valence-corrected chi connectivity index (χ1v) is 8.52. The van der Waals surface area contributed by atoms with Gasteiger partial charge in [0.1, 0.15) is 5.73 Å². The van der Waals surface area contributed by atoms with E-state index >= 15 is 0 Å². The monoisotopic (exact) mass is 323 g/mol. The van der Waals surface area contributed by atoms with Gasteiger partial charge in [0.05, 0.1) is 11.2 Å². The van der Waals surface area contributed by atoms with Crippen LogP contribution < -0.4 is 0 Å². The lowest BCUT2D eigenvalue weighted by molar-refractivity contribution is -0.126. The van der Waals surface area contributed by atoms with Gasteiger partial charge in [0.2, 0.25) is 5.91 Å². The van der Waals surface area contributed by atoms with Gasteiger partial charge in [-0.2, -0.15) is 0 Å². The van der Waals surface area contributed by atoms with Gasteiger partial charge in [-0.1, -0.05) is 0 Å². The summed E-state index contributed by atoms with van der Waals surface area (Å²) in [7, 11) is 0.963. The summed E-state index contributed by atoms with van der Waals surface area (Å²) in [4.78, 5) is 13.6. The number of hydrogen-bond donors (Lipinski definition) is 0. The molecule has 0 radical (unpaired) electrons. The molecule has 2 heterocycles. The van der Waals surface area contributed by atoms with Crippen molar-refractivity contribution >= 4 is 13.0 Å². The molecule has 6 heteroatoms. The summed E-state index contributed by atoms with van der Waals surface area (Å²) in [5.41, 5.74) is -0.448. The molecule has 3 fully saturated rings. The largest absolute Gasteiger partial charge is 0.525 e. The van der Waals surface area contributed by atoms with E-state index in [-0.39, 0.29) is 17.0 Å². The fraction of sp³-hybridized carbons (Fsp3) is 0.824. The maximum atomic E-state index is 14.9. The van der Waals surface area contributed by atoms with Crippen molar-refractivity contribution in [1.29, 1.82) is 0 Å². The molecule has 0 unspecified atom stereocenters. The van der Waals surface area contributed by atoms with E-state index in [1.54, 1.807) is 4.90 Å². The van der Waals surface area contributed by atoms with Crippen LogP contribution in [-0.2, 0) is 14.1 Å². The van der Waals surface area contributed by atoms with Crippen molar-refractivity contribution < 1.29 is 18.5 Å². The van der Waals surface area contributed by atoms with Crippen molar-refractivity contribution in [2.75, 3.05) is 13.6 Å². The van der Waals surface area contributed by atoms with Crippen molar-refractivity contribution in [2.24, 2.45) is 5.41 Å². The number of rotatable bonds is 1. The van der Waals surface area contributed by atoms with Gasteiger partial charge in [-0.25, -0.2) is 4.39 Å². The fourth-order valence-electron chi connectivity index (χ4n) is 3.87. The number of likely N-dealkylation sites (tertiary alicyclic amines) is 1. The second kappa shape index (κ2) is 5.31. The van der Waals surface area contributed by atoms with Crippen LogP contribution in [-0.4, -0.2) is 42.7 Å². The van der Waals surface area contributed by atoms with Gasteiger partial charge >= 0.3 is 7.12 Å². The lowest BCUT2D eigenvalue weighted by Crippen LogP contribution is -2.41. The second-order valence-corrected chi connectivity index (χ2v) is 8.47. The Morgan fingerprint density at radius 3 is 2.09 bits per heavy atom. The zero-order valence-electron chi connectivity index (χ0n) is 14.9. The minimum Gasteiger partial charge on any atom is -0.398 e. The molecular weight excluding hydrogens is 296 g/mol. The minimum absolute atomic E-state index is 0.0472. The van der Waals surface area contributed by atoms with Gasteiger partial charge in [0, 0.05) is 20.0 Å². The molecule has 4 nitrogen and oxygen atoms in total. The average molecular weight is 323 g/mol. The number of amides is 1. The zero-order valence-corrected chi connectivity index (χ0v) is 14.9. The highest BCUT2D eigenvalue weighted by Gasteiger charge is 2.54. The molecule has 2 aliphatic heterocycles. The molecule has 2 saturated heterocycles. The Labute approximate surface area is 138 Å². The topological polar surface area (TPSA) is 38.8 Å². The number of allylic oxidation sites excluding steroid dienone is 1.